The third-order valence-corrected chi connectivity index (χ3v) is 5.77. The molecule has 0 bridgehead atoms. The van der Waals surface area contributed by atoms with Crippen LogP contribution < -0.4 is 0 Å². The molecule has 0 nitrogen and oxygen atoms in total. The van der Waals surface area contributed by atoms with Crippen LogP contribution in [0.4, 0.5) is 0 Å². The molecule has 148 valence electrons. The fraction of sp³-hybridized carbons (Fsp3) is 0.0323. The van der Waals surface area contributed by atoms with Crippen LogP contribution in [-0.4, -0.2) is 0 Å². The average molecular weight is 397 g/mol. The molecule has 0 unspecified atom stereocenters. The summed E-state index contributed by atoms with van der Waals surface area (Å²) < 4.78 is 0. The van der Waals surface area contributed by atoms with E-state index in [1.54, 1.807) is 0 Å². The van der Waals surface area contributed by atoms with Crippen LogP contribution in [0.15, 0.2) is 127 Å². The highest BCUT2D eigenvalue weighted by molar-refractivity contribution is 5.78. The Hall–Kier alpha value is -3.90. The number of benzene rings is 5. The molecule has 0 atom stereocenters. The lowest BCUT2D eigenvalue weighted by atomic mass is 9.95. The van der Waals surface area contributed by atoms with Gasteiger partial charge in [0.05, 0.1) is 0 Å². The first-order valence-corrected chi connectivity index (χ1v) is 10.7. The topological polar surface area (TPSA) is 0 Å². The monoisotopic (exact) mass is 396 g/mol. The third-order valence-electron chi connectivity index (χ3n) is 5.77. The Balaban J connectivity index is 1.45. The molecule has 0 radical (unpaired) electrons. The Morgan fingerprint density at radius 2 is 0.613 bits per heavy atom. The molecule has 0 saturated carbocycles. The van der Waals surface area contributed by atoms with Gasteiger partial charge in [0, 0.05) is 0 Å². The lowest BCUT2D eigenvalue weighted by Crippen LogP contribution is -1.84. The van der Waals surface area contributed by atoms with E-state index in [9.17, 15) is 0 Å². The molecule has 0 heterocycles. The summed E-state index contributed by atoms with van der Waals surface area (Å²) in [4.78, 5) is 0. The molecule has 0 N–H and O–H groups in total. The van der Waals surface area contributed by atoms with Crippen LogP contribution in [0.3, 0.4) is 0 Å². The van der Waals surface area contributed by atoms with E-state index < -0.39 is 0 Å². The Morgan fingerprint density at radius 3 is 1.10 bits per heavy atom. The van der Waals surface area contributed by atoms with E-state index in [0.717, 1.165) is 0 Å². The summed E-state index contributed by atoms with van der Waals surface area (Å²) in [6.07, 6.45) is 0. The van der Waals surface area contributed by atoms with Crippen molar-refractivity contribution in [3.05, 3.63) is 133 Å². The summed E-state index contributed by atoms with van der Waals surface area (Å²) in [6.45, 7) is 2.12. The molecular formula is C31H24. The van der Waals surface area contributed by atoms with E-state index in [2.05, 4.69) is 134 Å². The van der Waals surface area contributed by atoms with Gasteiger partial charge in [0.1, 0.15) is 0 Å². The van der Waals surface area contributed by atoms with Crippen LogP contribution in [0.1, 0.15) is 5.56 Å². The summed E-state index contributed by atoms with van der Waals surface area (Å²) in [6, 6.07) is 45.7. The van der Waals surface area contributed by atoms with Crippen molar-refractivity contribution >= 4 is 0 Å². The smallest absolute Gasteiger partial charge is 0.0178 e. The highest BCUT2D eigenvalue weighted by atomic mass is 14.1. The second kappa shape index (κ2) is 8.45. The van der Waals surface area contributed by atoms with Gasteiger partial charge in [-0.1, -0.05) is 121 Å². The highest BCUT2D eigenvalue weighted by Gasteiger charge is 2.05. The zero-order valence-electron chi connectivity index (χ0n) is 17.6. The van der Waals surface area contributed by atoms with Gasteiger partial charge in [-0.2, -0.15) is 0 Å². The minimum atomic E-state index is 1.23. The van der Waals surface area contributed by atoms with Gasteiger partial charge in [0.15, 0.2) is 0 Å². The van der Waals surface area contributed by atoms with Crippen LogP contribution in [0, 0.1) is 6.92 Å². The van der Waals surface area contributed by atoms with Gasteiger partial charge in [-0.25, -0.2) is 0 Å². The number of rotatable bonds is 4. The van der Waals surface area contributed by atoms with Gasteiger partial charge in [-0.3, -0.25) is 0 Å². The Morgan fingerprint density at radius 1 is 0.290 bits per heavy atom. The molecule has 5 aromatic carbocycles. The first-order chi connectivity index (χ1) is 15.3. The largest absolute Gasteiger partial charge is 0.0622 e. The molecule has 31 heavy (non-hydrogen) atoms. The SMILES string of the molecule is Cc1ccc(-c2ccc(-c3cccc(-c4cccc(-c5ccccc5)c4)c3)cc2)cc1. The van der Waals surface area contributed by atoms with Gasteiger partial charge in [0.25, 0.3) is 0 Å². The van der Waals surface area contributed by atoms with Crippen molar-refractivity contribution in [2.45, 2.75) is 6.92 Å². The van der Waals surface area contributed by atoms with E-state index in [1.165, 1.54) is 50.1 Å². The first-order valence-electron chi connectivity index (χ1n) is 10.7. The molecule has 5 rings (SSSR count). The molecule has 0 saturated heterocycles. The zero-order chi connectivity index (χ0) is 21.0. The number of hydrogen-bond acceptors (Lipinski definition) is 0. The fourth-order valence-electron chi connectivity index (χ4n) is 3.99. The second-order valence-corrected chi connectivity index (χ2v) is 7.97. The van der Waals surface area contributed by atoms with Crippen LogP contribution in [0.2, 0.25) is 0 Å². The lowest BCUT2D eigenvalue weighted by molar-refractivity contribution is 1.47. The van der Waals surface area contributed by atoms with Gasteiger partial charge in [-0.05, 0) is 63.6 Å². The highest BCUT2D eigenvalue weighted by Crippen LogP contribution is 2.30. The standard InChI is InChI=1S/C31H24/c1-23-13-15-25(16-14-23)26-17-19-27(20-18-26)29-10-6-12-31(22-29)30-11-5-9-28(21-30)24-7-3-2-4-8-24/h2-22H,1H3. The van der Waals surface area contributed by atoms with Crippen molar-refractivity contribution in [2.75, 3.05) is 0 Å². The summed E-state index contributed by atoms with van der Waals surface area (Å²) >= 11 is 0. The summed E-state index contributed by atoms with van der Waals surface area (Å²) in [5, 5.41) is 0. The zero-order valence-corrected chi connectivity index (χ0v) is 17.6. The Kier molecular flexibility index (Phi) is 5.21. The van der Waals surface area contributed by atoms with E-state index in [4.69, 9.17) is 0 Å². The van der Waals surface area contributed by atoms with Gasteiger partial charge in [0.2, 0.25) is 0 Å². The van der Waals surface area contributed by atoms with Gasteiger partial charge < -0.3 is 0 Å². The molecule has 5 aromatic rings. The molecule has 0 aliphatic rings. The van der Waals surface area contributed by atoms with Crippen LogP contribution in [-0.2, 0) is 0 Å². The van der Waals surface area contributed by atoms with Crippen LogP contribution >= 0.6 is 0 Å². The molecule has 0 fully saturated rings. The Labute approximate surface area is 184 Å². The van der Waals surface area contributed by atoms with Crippen molar-refractivity contribution in [3.8, 4) is 44.5 Å². The maximum absolute atomic E-state index is 2.28. The minimum absolute atomic E-state index is 1.23. The second-order valence-electron chi connectivity index (χ2n) is 7.97. The maximum Gasteiger partial charge on any atom is -0.0178 e. The third kappa shape index (κ3) is 4.20. The van der Waals surface area contributed by atoms with Gasteiger partial charge in [-0.15, -0.1) is 0 Å². The van der Waals surface area contributed by atoms with E-state index in [-0.39, 0.29) is 0 Å². The molecule has 0 amide bonds. The van der Waals surface area contributed by atoms with Crippen molar-refractivity contribution in [1.82, 2.24) is 0 Å². The molecule has 0 heteroatoms. The molecule has 0 aliphatic heterocycles. The average Bonchev–Trinajstić information content (AvgIpc) is 2.85. The molecule has 0 aromatic heterocycles. The van der Waals surface area contributed by atoms with Gasteiger partial charge >= 0.3 is 0 Å². The van der Waals surface area contributed by atoms with E-state index >= 15 is 0 Å². The predicted molar refractivity (Wildman–Crippen MR) is 133 cm³/mol. The molecular weight excluding hydrogens is 372 g/mol. The normalized spacial score (nSPS) is 10.7. The maximum atomic E-state index is 2.28. The fourth-order valence-corrected chi connectivity index (χ4v) is 3.99. The number of aryl methyl sites for hydroxylation is 1. The first kappa shape index (κ1) is 19.1. The summed E-state index contributed by atoms with van der Waals surface area (Å²) in [7, 11) is 0. The molecule has 0 spiro atoms. The summed E-state index contributed by atoms with van der Waals surface area (Å²) in [5.41, 5.74) is 11.2. The predicted octanol–water partition coefficient (Wildman–Crippen LogP) is 8.66. The number of hydrogen-bond donors (Lipinski definition) is 0. The van der Waals surface area contributed by atoms with Crippen molar-refractivity contribution in [1.29, 1.82) is 0 Å². The minimum Gasteiger partial charge on any atom is -0.0622 e. The lowest BCUT2D eigenvalue weighted by Gasteiger charge is -2.09. The van der Waals surface area contributed by atoms with Crippen molar-refractivity contribution < 1.29 is 0 Å². The van der Waals surface area contributed by atoms with Crippen molar-refractivity contribution in [3.63, 3.8) is 0 Å². The molecule has 0 aliphatic carbocycles. The Bertz CT molecular complexity index is 1290. The quantitative estimate of drug-likeness (QED) is 0.285. The summed E-state index contributed by atoms with van der Waals surface area (Å²) in [5.74, 6) is 0. The van der Waals surface area contributed by atoms with E-state index in [1.807, 2.05) is 0 Å². The van der Waals surface area contributed by atoms with Crippen LogP contribution in [0.5, 0.6) is 0 Å². The van der Waals surface area contributed by atoms with Crippen LogP contribution in [0.25, 0.3) is 44.5 Å². The van der Waals surface area contributed by atoms with E-state index in [0.29, 0.717) is 0 Å². The van der Waals surface area contributed by atoms with Crippen molar-refractivity contribution in [2.24, 2.45) is 0 Å².